The van der Waals surface area contributed by atoms with Crippen LogP contribution >= 0.6 is 0 Å². The Morgan fingerprint density at radius 1 is 0.964 bits per heavy atom. The van der Waals surface area contributed by atoms with Gasteiger partial charge in [-0.1, -0.05) is 18.2 Å². The van der Waals surface area contributed by atoms with E-state index < -0.39 is 0 Å². The van der Waals surface area contributed by atoms with Crippen molar-refractivity contribution in [1.82, 2.24) is 5.32 Å². The van der Waals surface area contributed by atoms with Gasteiger partial charge < -0.3 is 19.8 Å². The minimum absolute atomic E-state index is 0.0910. The molecule has 1 aliphatic rings. The number of rotatable bonds is 7. The number of carbonyl (C=O) groups excluding carboxylic acids is 2. The van der Waals surface area contributed by atoms with Gasteiger partial charge in [0.1, 0.15) is 12.4 Å². The van der Waals surface area contributed by atoms with E-state index in [0.717, 1.165) is 18.6 Å². The van der Waals surface area contributed by atoms with Crippen molar-refractivity contribution < 1.29 is 18.7 Å². The monoisotopic (exact) mass is 376 g/mol. The van der Waals surface area contributed by atoms with Gasteiger partial charge in [-0.15, -0.1) is 0 Å². The van der Waals surface area contributed by atoms with E-state index in [1.54, 1.807) is 30.3 Å². The second kappa shape index (κ2) is 8.00. The second-order valence-electron chi connectivity index (χ2n) is 6.66. The van der Waals surface area contributed by atoms with Gasteiger partial charge in [-0.3, -0.25) is 9.59 Å². The minimum atomic E-state index is -0.369. The van der Waals surface area contributed by atoms with Gasteiger partial charge in [0.15, 0.2) is 5.76 Å². The fraction of sp³-hybridized carbons (Fsp3) is 0.182. The molecule has 3 aromatic rings. The molecule has 6 heteroatoms. The van der Waals surface area contributed by atoms with Crippen LogP contribution in [-0.2, 0) is 6.61 Å². The Hall–Kier alpha value is -3.54. The van der Waals surface area contributed by atoms with Crippen molar-refractivity contribution in [2.45, 2.75) is 25.5 Å². The Morgan fingerprint density at radius 3 is 2.43 bits per heavy atom. The molecule has 0 spiro atoms. The van der Waals surface area contributed by atoms with Gasteiger partial charge in [0.05, 0.1) is 6.26 Å². The summed E-state index contributed by atoms with van der Waals surface area (Å²) < 4.78 is 11.0. The standard InChI is InChI=1S/C22H20N2O4/c25-21(23-18-10-11-18)15-6-8-17(9-7-15)24-22(26)20-16(12-13-27-20)14-28-19-4-2-1-3-5-19/h1-9,12-13,18H,10-11,14H2,(H,23,25)(H,24,26). The summed E-state index contributed by atoms with van der Waals surface area (Å²) in [5.74, 6) is 0.459. The van der Waals surface area contributed by atoms with Crippen molar-refractivity contribution >= 4 is 17.5 Å². The zero-order valence-corrected chi connectivity index (χ0v) is 15.2. The van der Waals surface area contributed by atoms with Crippen LogP contribution in [0.25, 0.3) is 0 Å². The van der Waals surface area contributed by atoms with E-state index in [2.05, 4.69) is 10.6 Å². The van der Waals surface area contributed by atoms with Crippen molar-refractivity contribution in [3.8, 4) is 5.75 Å². The third-order valence-corrected chi connectivity index (χ3v) is 4.41. The molecule has 6 nitrogen and oxygen atoms in total. The average molecular weight is 376 g/mol. The van der Waals surface area contributed by atoms with Crippen molar-refractivity contribution in [1.29, 1.82) is 0 Å². The number of para-hydroxylation sites is 1. The molecule has 2 aromatic carbocycles. The molecule has 142 valence electrons. The van der Waals surface area contributed by atoms with E-state index in [9.17, 15) is 9.59 Å². The topological polar surface area (TPSA) is 80.6 Å². The van der Waals surface area contributed by atoms with Crippen molar-refractivity contribution in [2.24, 2.45) is 0 Å². The summed E-state index contributed by atoms with van der Waals surface area (Å²) in [6.07, 6.45) is 3.54. The molecule has 2 amide bonds. The summed E-state index contributed by atoms with van der Waals surface area (Å²) in [5, 5.41) is 5.71. The van der Waals surface area contributed by atoms with Crippen LogP contribution in [0.2, 0.25) is 0 Å². The Bertz CT molecular complexity index is 960. The first-order valence-electron chi connectivity index (χ1n) is 9.15. The Balaban J connectivity index is 1.37. The predicted molar refractivity (Wildman–Crippen MR) is 104 cm³/mol. The largest absolute Gasteiger partial charge is 0.489 e. The van der Waals surface area contributed by atoms with E-state index in [-0.39, 0.29) is 24.2 Å². The molecule has 0 bridgehead atoms. The lowest BCUT2D eigenvalue weighted by Gasteiger charge is -2.08. The molecule has 0 aliphatic heterocycles. The van der Waals surface area contributed by atoms with E-state index in [0.29, 0.717) is 22.9 Å². The Morgan fingerprint density at radius 2 is 1.71 bits per heavy atom. The number of benzene rings is 2. The third-order valence-electron chi connectivity index (χ3n) is 4.41. The second-order valence-corrected chi connectivity index (χ2v) is 6.66. The van der Waals surface area contributed by atoms with Crippen LogP contribution in [0, 0.1) is 0 Å². The highest BCUT2D eigenvalue weighted by molar-refractivity contribution is 6.03. The predicted octanol–water partition coefficient (Wildman–Crippen LogP) is 4.00. The summed E-state index contributed by atoms with van der Waals surface area (Å²) >= 11 is 0. The molecular formula is C22H20N2O4. The lowest BCUT2D eigenvalue weighted by atomic mass is 10.2. The van der Waals surface area contributed by atoms with Crippen LogP contribution in [0.3, 0.4) is 0 Å². The van der Waals surface area contributed by atoms with Gasteiger partial charge in [0.2, 0.25) is 0 Å². The SMILES string of the molecule is O=C(NC1CC1)c1ccc(NC(=O)c2occc2COc2ccccc2)cc1. The maximum Gasteiger partial charge on any atom is 0.291 e. The number of amides is 2. The summed E-state index contributed by atoms with van der Waals surface area (Å²) in [5.41, 5.74) is 1.81. The molecule has 1 heterocycles. The van der Waals surface area contributed by atoms with E-state index in [4.69, 9.17) is 9.15 Å². The zero-order valence-electron chi connectivity index (χ0n) is 15.2. The molecule has 0 unspecified atom stereocenters. The van der Waals surface area contributed by atoms with Crippen molar-refractivity contribution in [2.75, 3.05) is 5.32 Å². The smallest absolute Gasteiger partial charge is 0.291 e. The summed E-state index contributed by atoms with van der Waals surface area (Å²) in [7, 11) is 0. The van der Waals surface area contributed by atoms with Crippen LogP contribution in [0.5, 0.6) is 5.75 Å². The van der Waals surface area contributed by atoms with Gasteiger partial charge >= 0.3 is 0 Å². The van der Waals surface area contributed by atoms with Gasteiger partial charge in [-0.25, -0.2) is 0 Å². The number of furan rings is 1. The van der Waals surface area contributed by atoms with Crippen LogP contribution in [0.4, 0.5) is 5.69 Å². The first-order chi connectivity index (χ1) is 13.7. The third kappa shape index (κ3) is 4.40. The number of hydrogen-bond acceptors (Lipinski definition) is 4. The van der Waals surface area contributed by atoms with Crippen molar-refractivity contribution in [3.63, 3.8) is 0 Å². The number of hydrogen-bond donors (Lipinski definition) is 2. The fourth-order valence-corrected chi connectivity index (χ4v) is 2.72. The van der Waals surface area contributed by atoms with Crippen LogP contribution < -0.4 is 15.4 Å². The normalized spacial score (nSPS) is 13.0. The summed E-state index contributed by atoms with van der Waals surface area (Å²) in [4.78, 5) is 24.6. The summed E-state index contributed by atoms with van der Waals surface area (Å²) in [6, 6.07) is 18.2. The van der Waals surface area contributed by atoms with Crippen LogP contribution in [-0.4, -0.2) is 17.9 Å². The van der Waals surface area contributed by atoms with E-state index >= 15 is 0 Å². The van der Waals surface area contributed by atoms with Crippen molar-refractivity contribution in [3.05, 3.63) is 83.8 Å². The minimum Gasteiger partial charge on any atom is -0.489 e. The lowest BCUT2D eigenvalue weighted by molar-refractivity contribution is 0.0950. The number of ether oxygens (including phenoxy) is 1. The molecule has 2 N–H and O–H groups in total. The highest BCUT2D eigenvalue weighted by atomic mass is 16.5. The molecule has 1 fully saturated rings. The van der Waals surface area contributed by atoms with Gasteiger partial charge in [0, 0.05) is 22.9 Å². The van der Waals surface area contributed by atoms with E-state index in [1.807, 2.05) is 30.3 Å². The maximum atomic E-state index is 12.5. The van der Waals surface area contributed by atoms with Crippen LogP contribution in [0.1, 0.15) is 39.3 Å². The highest BCUT2D eigenvalue weighted by Gasteiger charge is 2.23. The van der Waals surface area contributed by atoms with Gasteiger partial charge in [0.25, 0.3) is 11.8 Å². The highest BCUT2D eigenvalue weighted by Crippen LogP contribution is 2.20. The molecule has 4 rings (SSSR count). The molecule has 1 aromatic heterocycles. The average Bonchev–Trinajstić information content (AvgIpc) is 3.40. The molecule has 0 radical (unpaired) electrons. The van der Waals surface area contributed by atoms with Gasteiger partial charge in [-0.2, -0.15) is 0 Å². The maximum absolute atomic E-state index is 12.5. The first kappa shape index (κ1) is 17.9. The molecule has 0 atom stereocenters. The fourth-order valence-electron chi connectivity index (χ4n) is 2.72. The molecule has 1 saturated carbocycles. The lowest BCUT2D eigenvalue weighted by Crippen LogP contribution is -2.25. The number of nitrogens with one attached hydrogen (secondary N) is 2. The van der Waals surface area contributed by atoms with Gasteiger partial charge in [-0.05, 0) is 55.3 Å². The molecule has 1 aliphatic carbocycles. The Kier molecular flexibility index (Phi) is 5.10. The first-order valence-corrected chi connectivity index (χ1v) is 9.15. The molecule has 0 saturated heterocycles. The van der Waals surface area contributed by atoms with E-state index in [1.165, 1.54) is 6.26 Å². The Labute approximate surface area is 162 Å². The molecular weight excluding hydrogens is 356 g/mol. The number of anilines is 1. The molecule has 28 heavy (non-hydrogen) atoms. The van der Waals surface area contributed by atoms with Crippen LogP contribution in [0.15, 0.2) is 71.3 Å². The summed E-state index contributed by atoms with van der Waals surface area (Å²) in [6.45, 7) is 0.226. The zero-order chi connectivity index (χ0) is 19.3. The number of carbonyl (C=O) groups is 2. The quantitative estimate of drug-likeness (QED) is 0.653.